The fraction of sp³-hybridized carbons (Fsp3) is 0.600. The van der Waals surface area contributed by atoms with Crippen LogP contribution in [-0.4, -0.2) is 63.7 Å². The number of aliphatic hydroxyl groups is 4. The van der Waals surface area contributed by atoms with Crippen LogP contribution in [0.2, 0.25) is 0 Å². The van der Waals surface area contributed by atoms with Gasteiger partial charge in [0.15, 0.2) is 6.61 Å². The molecule has 17 heavy (non-hydrogen) atoms. The van der Waals surface area contributed by atoms with Crippen molar-refractivity contribution in [1.82, 2.24) is 0 Å². The van der Waals surface area contributed by atoms with Gasteiger partial charge in [-0.2, -0.15) is 0 Å². The quantitative estimate of drug-likeness (QED) is 0.296. The normalized spacial score (nSPS) is 15.8. The highest BCUT2D eigenvalue weighted by Gasteiger charge is 2.30. The maximum absolute atomic E-state index is 11.2. The van der Waals surface area contributed by atoms with Crippen LogP contribution in [0, 0.1) is 0 Å². The smallest absolute Gasteiger partial charge is 0.333 e. The molecule has 0 aromatic heterocycles. The summed E-state index contributed by atoms with van der Waals surface area (Å²) in [5.74, 6) is -1.79. The maximum atomic E-state index is 11.2. The van der Waals surface area contributed by atoms with E-state index in [0.29, 0.717) is 0 Å². The summed E-state index contributed by atoms with van der Waals surface area (Å²) in [6, 6.07) is 0. The third kappa shape index (κ3) is 5.05. The highest BCUT2D eigenvalue weighted by atomic mass is 16.5. The molecule has 0 aliphatic heterocycles. The van der Waals surface area contributed by atoms with Gasteiger partial charge in [0.05, 0.1) is 6.61 Å². The Morgan fingerprint density at radius 3 is 2.24 bits per heavy atom. The number of carbonyl (C=O) groups is 2. The summed E-state index contributed by atoms with van der Waals surface area (Å²) in [7, 11) is 0. The average Bonchev–Trinajstić information content (AvgIpc) is 2.32. The summed E-state index contributed by atoms with van der Waals surface area (Å²) in [6.07, 6.45) is -5.42. The van der Waals surface area contributed by atoms with E-state index in [4.69, 9.17) is 10.2 Å². The van der Waals surface area contributed by atoms with Gasteiger partial charge in [-0.05, 0) is 6.92 Å². The van der Waals surface area contributed by atoms with Gasteiger partial charge < -0.3 is 25.2 Å². The zero-order chi connectivity index (χ0) is 13.6. The molecule has 7 nitrogen and oxygen atoms in total. The van der Waals surface area contributed by atoms with Crippen molar-refractivity contribution in [3.63, 3.8) is 0 Å². The minimum absolute atomic E-state index is 0.0863. The third-order valence-corrected chi connectivity index (χ3v) is 1.93. The second kappa shape index (κ2) is 7.13. The highest BCUT2D eigenvalue weighted by Crippen LogP contribution is 2.02. The molecule has 0 aromatic rings. The first-order valence-corrected chi connectivity index (χ1v) is 4.81. The van der Waals surface area contributed by atoms with Gasteiger partial charge in [0, 0.05) is 5.57 Å². The molecule has 0 heterocycles. The third-order valence-electron chi connectivity index (χ3n) is 1.93. The molecular formula is C10H16O7. The van der Waals surface area contributed by atoms with Gasteiger partial charge in [0.1, 0.15) is 18.3 Å². The van der Waals surface area contributed by atoms with E-state index in [9.17, 15) is 19.8 Å². The topological polar surface area (TPSA) is 124 Å². The Labute approximate surface area is 97.9 Å². The average molecular weight is 248 g/mol. The van der Waals surface area contributed by atoms with Crippen molar-refractivity contribution in [3.8, 4) is 0 Å². The lowest BCUT2D eigenvalue weighted by atomic mass is 10.1. The van der Waals surface area contributed by atoms with Crippen LogP contribution in [-0.2, 0) is 14.3 Å². The molecule has 3 atom stereocenters. The number of carbonyl (C=O) groups excluding carboxylic acids is 2. The lowest BCUT2D eigenvalue weighted by molar-refractivity contribution is -0.152. The SMILES string of the molecule is C=C(C)C(=O)OCC(=O)[C@H](O)[C@@H](O)[C@H](O)CO. The lowest BCUT2D eigenvalue weighted by Gasteiger charge is -2.20. The van der Waals surface area contributed by atoms with Crippen molar-refractivity contribution < 1.29 is 34.8 Å². The van der Waals surface area contributed by atoms with Crippen molar-refractivity contribution >= 4 is 11.8 Å². The second-order valence-corrected chi connectivity index (χ2v) is 3.51. The Kier molecular flexibility index (Phi) is 6.59. The van der Waals surface area contributed by atoms with Gasteiger partial charge in [0.2, 0.25) is 5.78 Å². The molecule has 0 radical (unpaired) electrons. The molecule has 0 rings (SSSR count). The van der Waals surface area contributed by atoms with Crippen LogP contribution in [0.1, 0.15) is 6.92 Å². The fourth-order valence-corrected chi connectivity index (χ4v) is 0.854. The first kappa shape index (κ1) is 15.7. The molecule has 0 unspecified atom stereocenters. The highest BCUT2D eigenvalue weighted by molar-refractivity contribution is 5.91. The van der Waals surface area contributed by atoms with Crippen molar-refractivity contribution in [2.45, 2.75) is 25.2 Å². The first-order chi connectivity index (χ1) is 7.81. The number of hydrogen-bond donors (Lipinski definition) is 4. The van der Waals surface area contributed by atoms with Crippen LogP contribution < -0.4 is 0 Å². The Morgan fingerprint density at radius 2 is 1.82 bits per heavy atom. The molecule has 0 saturated heterocycles. The summed E-state index contributed by atoms with van der Waals surface area (Å²) in [5.41, 5.74) is 0.0863. The minimum Gasteiger partial charge on any atom is -0.454 e. The monoisotopic (exact) mass is 248 g/mol. The van der Waals surface area contributed by atoms with Crippen LogP contribution in [0.15, 0.2) is 12.2 Å². The predicted octanol–water partition coefficient (Wildman–Crippen LogP) is -2.25. The van der Waals surface area contributed by atoms with E-state index < -0.39 is 43.3 Å². The Balaban J connectivity index is 4.23. The molecule has 0 amide bonds. The second-order valence-electron chi connectivity index (χ2n) is 3.51. The number of aliphatic hydroxyl groups excluding tert-OH is 4. The summed E-state index contributed by atoms with van der Waals surface area (Å²) < 4.78 is 4.45. The van der Waals surface area contributed by atoms with Gasteiger partial charge in [0.25, 0.3) is 0 Å². The standard InChI is InChI=1S/C10H16O7/c1-5(2)10(16)17-4-7(13)9(15)8(14)6(12)3-11/h6,8-9,11-12,14-15H,1,3-4H2,2H3/t6-,8+,9+/m1/s1. The van der Waals surface area contributed by atoms with Gasteiger partial charge in [-0.3, -0.25) is 4.79 Å². The van der Waals surface area contributed by atoms with E-state index in [-0.39, 0.29) is 5.57 Å². The molecule has 0 bridgehead atoms. The van der Waals surface area contributed by atoms with Crippen LogP contribution in [0.4, 0.5) is 0 Å². The van der Waals surface area contributed by atoms with E-state index in [1.165, 1.54) is 6.92 Å². The maximum Gasteiger partial charge on any atom is 0.333 e. The van der Waals surface area contributed by atoms with E-state index in [1.807, 2.05) is 0 Å². The van der Waals surface area contributed by atoms with Gasteiger partial charge in [-0.25, -0.2) is 4.79 Å². The summed E-state index contributed by atoms with van der Waals surface area (Å²) in [6.45, 7) is 3.11. The van der Waals surface area contributed by atoms with Crippen molar-refractivity contribution in [2.75, 3.05) is 13.2 Å². The van der Waals surface area contributed by atoms with Gasteiger partial charge in [-0.15, -0.1) is 0 Å². The zero-order valence-corrected chi connectivity index (χ0v) is 9.37. The van der Waals surface area contributed by atoms with Crippen LogP contribution in [0.5, 0.6) is 0 Å². The molecule has 98 valence electrons. The molecule has 0 saturated carbocycles. The zero-order valence-electron chi connectivity index (χ0n) is 9.37. The number of ketones is 1. The molecule has 4 N–H and O–H groups in total. The lowest BCUT2D eigenvalue weighted by Crippen LogP contribution is -2.45. The Morgan fingerprint density at radius 1 is 1.29 bits per heavy atom. The Hall–Kier alpha value is -1.28. The van der Waals surface area contributed by atoms with E-state index >= 15 is 0 Å². The van der Waals surface area contributed by atoms with E-state index in [0.717, 1.165) is 0 Å². The van der Waals surface area contributed by atoms with E-state index in [2.05, 4.69) is 11.3 Å². The largest absolute Gasteiger partial charge is 0.454 e. The first-order valence-electron chi connectivity index (χ1n) is 4.81. The fourth-order valence-electron chi connectivity index (χ4n) is 0.854. The minimum atomic E-state index is -1.94. The Bertz CT molecular complexity index is 299. The molecule has 0 aliphatic carbocycles. The number of ether oxygens (including phenoxy) is 1. The molecule has 0 spiro atoms. The van der Waals surface area contributed by atoms with Gasteiger partial charge >= 0.3 is 5.97 Å². The van der Waals surface area contributed by atoms with Crippen LogP contribution in [0.25, 0.3) is 0 Å². The van der Waals surface area contributed by atoms with Crippen molar-refractivity contribution in [3.05, 3.63) is 12.2 Å². The van der Waals surface area contributed by atoms with Crippen molar-refractivity contribution in [1.29, 1.82) is 0 Å². The molecule has 0 fully saturated rings. The summed E-state index contributed by atoms with van der Waals surface area (Å²) in [4.78, 5) is 22.1. The molecule has 7 heteroatoms. The molecule has 0 aliphatic rings. The number of esters is 1. The van der Waals surface area contributed by atoms with Crippen LogP contribution in [0.3, 0.4) is 0 Å². The van der Waals surface area contributed by atoms with Crippen LogP contribution >= 0.6 is 0 Å². The number of rotatable bonds is 7. The van der Waals surface area contributed by atoms with Gasteiger partial charge in [-0.1, -0.05) is 6.58 Å². The number of hydrogen-bond acceptors (Lipinski definition) is 7. The van der Waals surface area contributed by atoms with E-state index in [1.54, 1.807) is 0 Å². The molecule has 0 aromatic carbocycles. The number of Topliss-reactive ketones (excluding diaryl/α,β-unsaturated/α-hetero) is 1. The summed E-state index contributed by atoms with van der Waals surface area (Å²) >= 11 is 0. The van der Waals surface area contributed by atoms with Crippen molar-refractivity contribution in [2.24, 2.45) is 0 Å². The predicted molar refractivity (Wildman–Crippen MR) is 55.9 cm³/mol. The molecular weight excluding hydrogens is 232 g/mol. The summed E-state index contributed by atoms with van der Waals surface area (Å²) in [5, 5.41) is 35.9.